The molecule has 2 aliphatic heterocycles. The molecular weight excluding hydrogens is 334 g/mol. The topological polar surface area (TPSA) is 80.7 Å². The van der Waals surface area contributed by atoms with E-state index in [4.69, 9.17) is 9.47 Å². The molecule has 2 fully saturated rings. The molecule has 2 aliphatic rings. The molecule has 0 aromatic carbocycles. The molecule has 1 spiro atoms. The maximum Gasteiger partial charge on any atom is 0.314 e. The van der Waals surface area contributed by atoms with Gasteiger partial charge in [-0.25, -0.2) is 4.79 Å². The average Bonchev–Trinajstić information content (AvgIpc) is 3.18. The third-order valence-electron chi connectivity index (χ3n) is 5.01. The number of ether oxygens (including phenoxy) is 2. The van der Waals surface area contributed by atoms with E-state index in [-0.39, 0.29) is 17.7 Å². The fraction of sp³-hybridized carbons (Fsp3) is 0.778. The highest BCUT2D eigenvalue weighted by Gasteiger charge is 2.43. The molecule has 1 aromatic rings. The van der Waals surface area contributed by atoms with Crippen LogP contribution in [0, 0.1) is 0 Å². The smallest absolute Gasteiger partial charge is 0.314 e. The minimum absolute atomic E-state index is 0.0454. The van der Waals surface area contributed by atoms with E-state index in [9.17, 15) is 4.79 Å². The van der Waals surface area contributed by atoms with Crippen molar-refractivity contribution in [2.24, 2.45) is 0 Å². The molecule has 8 heteroatoms. The van der Waals surface area contributed by atoms with Crippen molar-refractivity contribution < 1.29 is 14.3 Å². The van der Waals surface area contributed by atoms with E-state index in [1.165, 1.54) is 5.56 Å². The number of hydrogen-bond donors (Lipinski definition) is 2. The molecule has 0 aliphatic carbocycles. The maximum atomic E-state index is 11.6. The van der Waals surface area contributed by atoms with Crippen LogP contribution in [-0.4, -0.2) is 71.8 Å². The summed E-state index contributed by atoms with van der Waals surface area (Å²) in [5, 5.41) is 9.99. The molecule has 0 bridgehead atoms. The largest absolute Gasteiger partial charge is 0.377 e. The Labute approximate surface area is 155 Å². The molecule has 26 heavy (non-hydrogen) atoms. The lowest BCUT2D eigenvalue weighted by molar-refractivity contribution is -0.0847. The molecule has 3 rings (SSSR count). The third-order valence-corrected chi connectivity index (χ3v) is 5.01. The molecular formula is C18H31N5O3. The van der Waals surface area contributed by atoms with E-state index in [2.05, 4.69) is 33.8 Å². The van der Waals surface area contributed by atoms with Crippen molar-refractivity contribution in [3.05, 3.63) is 18.0 Å². The molecule has 3 heterocycles. The summed E-state index contributed by atoms with van der Waals surface area (Å²) in [4.78, 5) is 14.0. The Morgan fingerprint density at radius 2 is 2.31 bits per heavy atom. The molecule has 146 valence electrons. The summed E-state index contributed by atoms with van der Waals surface area (Å²) < 4.78 is 14.2. The van der Waals surface area contributed by atoms with Gasteiger partial charge in [-0.3, -0.25) is 9.58 Å². The lowest BCUT2D eigenvalue weighted by Gasteiger charge is -2.31. The van der Waals surface area contributed by atoms with Crippen molar-refractivity contribution in [3.63, 3.8) is 0 Å². The summed E-state index contributed by atoms with van der Waals surface area (Å²) in [6, 6.07) is -0.135. The Kier molecular flexibility index (Phi) is 6.50. The normalized spacial score (nSPS) is 26.8. The van der Waals surface area contributed by atoms with E-state index in [1.807, 2.05) is 17.8 Å². The lowest BCUT2D eigenvalue weighted by atomic mass is 10.00. The highest BCUT2D eigenvalue weighted by atomic mass is 16.6. The molecule has 8 nitrogen and oxygen atoms in total. The predicted molar refractivity (Wildman–Crippen MR) is 97.9 cm³/mol. The number of hydrogen-bond acceptors (Lipinski definition) is 5. The average molecular weight is 365 g/mol. The van der Waals surface area contributed by atoms with Crippen LogP contribution in [-0.2, 0) is 22.6 Å². The second-order valence-corrected chi connectivity index (χ2v) is 7.17. The Balaban J connectivity index is 1.54. The first-order valence-corrected chi connectivity index (χ1v) is 9.63. The lowest BCUT2D eigenvalue weighted by Crippen LogP contribution is -2.45. The summed E-state index contributed by atoms with van der Waals surface area (Å²) in [5.74, 6) is 0. The van der Waals surface area contributed by atoms with Gasteiger partial charge in [-0.2, -0.15) is 5.10 Å². The summed E-state index contributed by atoms with van der Waals surface area (Å²) in [6.45, 7) is 9.98. The van der Waals surface area contributed by atoms with Crippen LogP contribution < -0.4 is 10.6 Å². The van der Waals surface area contributed by atoms with Gasteiger partial charge in [0.05, 0.1) is 25.5 Å². The van der Waals surface area contributed by atoms with Crippen LogP contribution in [0.2, 0.25) is 0 Å². The Bertz CT molecular complexity index is 593. The van der Waals surface area contributed by atoms with Gasteiger partial charge >= 0.3 is 6.03 Å². The third kappa shape index (κ3) is 4.96. The summed E-state index contributed by atoms with van der Waals surface area (Å²) >= 11 is 0. The van der Waals surface area contributed by atoms with Crippen LogP contribution in [0.4, 0.5) is 4.79 Å². The van der Waals surface area contributed by atoms with Gasteiger partial charge in [0.15, 0.2) is 0 Å². The number of carbonyl (C=O) groups is 1. The second-order valence-electron chi connectivity index (χ2n) is 7.17. The monoisotopic (exact) mass is 365 g/mol. The van der Waals surface area contributed by atoms with E-state index in [1.54, 1.807) is 0 Å². The highest BCUT2D eigenvalue weighted by molar-refractivity contribution is 5.73. The van der Waals surface area contributed by atoms with Gasteiger partial charge < -0.3 is 20.1 Å². The molecule has 0 unspecified atom stereocenters. The number of urea groups is 1. The SMILES string of the molecule is CCNC(=O)NC[C@H]1CC[C@@]2(COCCN(Cc3cnn(CC)c3)C2)O1. The standard InChI is InChI=1S/C18H31N5O3/c1-3-19-17(24)20-10-16-5-6-18(26-16)13-22(7-8-25-14-18)11-15-9-21-23(4-2)12-15/h9,12,16H,3-8,10-11,13-14H2,1-2H3,(H2,19,20,24)/t16-,18-/m1/s1. The van der Waals surface area contributed by atoms with Gasteiger partial charge in [0.25, 0.3) is 0 Å². The highest BCUT2D eigenvalue weighted by Crippen LogP contribution is 2.33. The zero-order chi connectivity index (χ0) is 18.4. The van der Waals surface area contributed by atoms with E-state index in [0.717, 1.165) is 45.6 Å². The van der Waals surface area contributed by atoms with Gasteiger partial charge in [-0.05, 0) is 26.7 Å². The quantitative estimate of drug-likeness (QED) is 0.785. The number of rotatable bonds is 6. The second kappa shape index (κ2) is 8.83. The van der Waals surface area contributed by atoms with Crippen molar-refractivity contribution in [2.75, 3.05) is 39.4 Å². The number of nitrogens with zero attached hydrogens (tertiary/aromatic N) is 3. The molecule has 0 radical (unpaired) electrons. The first kappa shape index (κ1) is 19.1. The minimum Gasteiger partial charge on any atom is -0.377 e. The van der Waals surface area contributed by atoms with Crippen LogP contribution in [0.3, 0.4) is 0 Å². The van der Waals surface area contributed by atoms with Crippen LogP contribution in [0.25, 0.3) is 0 Å². The number of aryl methyl sites for hydroxylation is 1. The van der Waals surface area contributed by atoms with Gasteiger partial charge in [-0.15, -0.1) is 0 Å². The fourth-order valence-electron chi connectivity index (χ4n) is 3.73. The Morgan fingerprint density at radius 3 is 3.08 bits per heavy atom. The van der Waals surface area contributed by atoms with Gasteiger partial charge in [0.1, 0.15) is 5.60 Å². The molecule has 0 saturated carbocycles. The molecule has 2 atom stereocenters. The zero-order valence-electron chi connectivity index (χ0n) is 15.9. The van der Waals surface area contributed by atoms with E-state index < -0.39 is 0 Å². The van der Waals surface area contributed by atoms with Crippen LogP contribution in [0.15, 0.2) is 12.4 Å². The number of carbonyl (C=O) groups excluding carboxylic acids is 1. The van der Waals surface area contributed by atoms with Crippen LogP contribution >= 0.6 is 0 Å². The summed E-state index contributed by atoms with van der Waals surface area (Å²) in [6.07, 6.45) is 5.99. The van der Waals surface area contributed by atoms with Gasteiger partial charge in [0.2, 0.25) is 0 Å². The van der Waals surface area contributed by atoms with Crippen molar-refractivity contribution >= 4 is 6.03 Å². The number of aromatic nitrogens is 2. The van der Waals surface area contributed by atoms with E-state index >= 15 is 0 Å². The number of nitrogens with one attached hydrogen (secondary N) is 2. The molecule has 2 N–H and O–H groups in total. The maximum absolute atomic E-state index is 11.6. The molecule has 1 aromatic heterocycles. The Hall–Kier alpha value is -1.64. The molecule has 2 saturated heterocycles. The minimum atomic E-state index is -0.273. The van der Waals surface area contributed by atoms with Crippen molar-refractivity contribution in [3.8, 4) is 0 Å². The van der Waals surface area contributed by atoms with E-state index in [0.29, 0.717) is 19.7 Å². The first-order chi connectivity index (χ1) is 12.6. The first-order valence-electron chi connectivity index (χ1n) is 9.63. The fourth-order valence-corrected chi connectivity index (χ4v) is 3.73. The van der Waals surface area contributed by atoms with Crippen molar-refractivity contribution in [1.82, 2.24) is 25.3 Å². The Morgan fingerprint density at radius 1 is 1.42 bits per heavy atom. The number of amides is 2. The van der Waals surface area contributed by atoms with Crippen molar-refractivity contribution in [1.29, 1.82) is 0 Å². The van der Waals surface area contributed by atoms with Gasteiger partial charge in [-0.1, -0.05) is 0 Å². The van der Waals surface area contributed by atoms with Gasteiger partial charge in [0, 0.05) is 51.0 Å². The molecule has 2 amide bonds. The predicted octanol–water partition coefficient (Wildman–Crippen LogP) is 0.972. The summed E-state index contributed by atoms with van der Waals surface area (Å²) in [7, 11) is 0. The zero-order valence-corrected chi connectivity index (χ0v) is 15.9. The van der Waals surface area contributed by atoms with Crippen molar-refractivity contribution in [2.45, 2.75) is 51.5 Å². The summed E-state index contributed by atoms with van der Waals surface area (Å²) in [5.41, 5.74) is 0.946. The van der Waals surface area contributed by atoms with Crippen LogP contribution in [0.5, 0.6) is 0 Å². The van der Waals surface area contributed by atoms with Crippen LogP contribution in [0.1, 0.15) is 32.3 Å².